The van der Waals surface area contributed by atoms with Crippen molar-refractivity contribution in [2.24, 2.45) is 0 Å². The van der Waals surface area contributed by atoms with Crippen LogP contribution in [0.5, 0.6) is 5.75 Å². The maximum atomic E-state index is 5.99. The lowest BCUT2D eigenvalue weighted by atomic mass is 9.86. The molecule has 0 fully saturated rings. The zero-order valence-corrected chi connectivity index (χ0v) is 12.2. The van der Waals surface area contributed by atoms with Crippen LogP contribution in [0.4, 0.5) is 0 Å². The van der Waals surface area contributed by atoms with Gasteiger partial charge >= 0.3 is 0 Å². The molecule has 0 heterocycles. The Labute approximate surface area is 116 Å². The molecular formula is C18H22O. The van der Waals surface area contributed by atoms with E-state index in [0.717, 1.165) is 5.75 Å². The molecule has 0 bridgehead atoms. The molecule has 100 valence electrons. The summed E-state index contributed by atoms with van der Waals surface area (Å²) < 4.78 is 5.99. The third-order valence-electron chi connectivity index (χ3n) is 3.21. The fourth-order valence-electron chi connectivity index (χ4n) is 2.06. The van der Waals surface area contributed by atoms with Crippen LogP contribution in [0.15, 0.2) is 48.5 Å². The highest BCUT2D eigenvalue weighted by molar-refractivity contribution is 5.38. The van der Waals surface area contributed by atoms with Crippen molar-refractivity contribution in [3.8, 4) is 5.75 Å². The molecule has 2 rings (SSSR count). The molecule has 0 radical (unpaired) electrons. The highest BCUT2D eigenvalue weighted by Crippen LogP contribution is 2.31. The molecule has 0 saturated heterocycles. The molecule has 0 aliphatic rings. The van der Waals surface area contributed by atoms with Gasteiger partial charge in [-0.15, -0.1) is 0 Å². The number of hydrogen-bond acceptors (Lipinski definition) is 1. The molecule has 0 N–H and O–H groups in total. The van der Waals surface area contributed by atoms with Crippen molar-refractivity contribution < 1.29 is 4.74 Å². The minimum Gasteiger partial charge on any atom is -0.489 e. The first-order valence-corrected chi connectivity index (χ1v) is 6.75. The lowest BCUT2D eigenvalue weighted by Crippen LogP contribution is -2.13. The van der Waals surface area contributed by atoms with Crippen LogP contribution in [0.25, 0.3) is 0 Å². The molecule has 2 aromatic rings. The molecular weight excluding hydrogens is 232 g/mol. The van der Waals surface area contributed by atoms with Gasteiger partial charge in [-0.3, -0.25) is 0 Å². The van der Waals surface area contributed by atoms with Gasteiger partial charge in [-0.25, -0.2) is 0 Å². The molecule has 0 spiro atoms. The number of para-hydroxylation sites is 1. The van der Waals surface area contributed by atoms with E-state index >= 15 is 0 Å². The predicted octanol–water partition coefficient (Wildman–Crippen LogP) is 4.87. The molecule has 1 heteroatoms. The summed E-state index contributed by atoms with van der Waals surface area (Å²) >= 11 is 0. The predicted molar refractivity (Wildman–Crippen MR) is 80.7 cm³/mol. The van der Waals surface area contributed by atoms with Gasteiger partial charge in [0.05, 0.1) is 0 Å². The first kappa shape index (κ1) is 13.7. The Hall–Kier alpha value is -1.76. The maximum Gasteiger partial charge on any atom is 0.123 e. The monoisotopic (exact) mass is 254 g/mol. The highest BCUT2D eigenvalue weighted by atomic mass is 16.5. The lowest BCUT2D eigenvalue weighted by Gasteiger charge is -2.22. The van der Waals surface area contributed by atoms with Crippen LogP contribution in [0, 0.1) is 6.92 Å². The Morgan fingerprint density at radius 3 is 2.16 bits per heavy atom. The molecule has 0 aliphatic heterocycles. The molecule has 0 saturated carbocycles. The molecule has 1 nitrogen and oxygen atoms in total. The van der Waals surface area contributed by atoms with Crippen LogP contribution >= 0.6 is 0 Å². The van der Waals surface area contributed by atoms with Crippen molar-refractivity contribution in [1.29, 1.82) is 0 Å². The summed E-state index contributed by atoms with van der Waals surface area (Å²) in [6.07, 6.45) is 0. The van der Waals surface area contributed by atoms with E-state index < -0.39 is 0 Å². The fraction of sp³-hybridized carbons (Fsp3) is 0.333. The smallest absolute Gasteiger partial charge is 0.123 e. The van der Waals surface area contributed by atoms with E-state index in [1.807, 2.05) is 6.07 Å². The van der Waals surface area contributed by atoms with Crippen LogP contribution in [0.3, 0.4) is 0 Å². The largest absolute Gasteiger partial charge is 0.489 e. The Morgan fingerprint density at radius 2 is 1.53 bits per heavy atom. The SMILES string of the molecule is Cc1ccc(COc2ccccc2C(C)(C)C)cc1. The Morgan fingerprint density at radius 1 is 0.895 bits per heavy atom. The van der Waals surface area contributed by atoms with Gasteiger partial charge in [-0.05, 0) is 29.5 Å². The Balaban J connectivity index is 2.14. The van der Waals surface area contributed by atoms with E-state index in [0.29, 0.717) is 6.61 Å². The summed E-state index contributed by atoms with van der Waals surface area (Å²) in [7, 11) is 0. The van der Waals surface area contributed by atoms with Crippen molar-refractivity contribution in [2.75, 3.05) is 0 Å². The zero-order valence-electron chi connectivity index (χ0n) is 12.2. The summed E-state index contributed by atoms with van der Waals surface area (Å²) in [5.41, 5.74) is 3.83. The normalized spacial score (nSPS) is 11.4. The van der Waals surface area contributed by atoms with E-state index in [9.17, 15) is 0 Å². The van der Waals surface area contributed by atoms with Crippen LogP contribution in [-0.4, -0.2) is 0 Å². The average Bonchev–Trinajstić information content (AvgIpc) is 2.37. The molecule has 2 aromatic carbocycles. The zero-order chi connectivity index (χ0) is 13.9. The lowest BCUT2D eigenvalue weighted by molar-refractivity contribution is 0.297. The second-order valence-electron chi connectivity index (χ2n) is 6.02. The Bertz CT molecular complexity index is 532. The average molecular weight is 254 g/mol. The van der Waals surface area contributed by atoms with Crippen molar-refractivity contribution in [3.63, 3.8) is 0 Å². The van der Waals surface area contributed by atoms with Gasteiger partial charge in [0, 0.05) is 0 Å². The van der Waals surface area contributed by atoms with Gasteiger partial charge in [0.1, 0.15) is 12.4 Å². The van der Waals surface area contributed by atoms with Gasteiger partial charge < -0.3 is 4.74 Å². The van der Waals surface area contributed by atoms with Crippen LogP contribution in [0.1, 0.15) is 37.5 Å². The van der Waals surface area contributed by atoms with Crippen molar-refractivity contribution in [2.45, 2.75) is 39.7 Å². The second-order valence-corrected chi connectivity index (χ2v) is 6.02. The Kier molecular flexibility index (Phi) is 3.94. The summed E-state index contributed by atoms with van der Waals surface area (Å²) in [5, 5.41) is 0. The van der Waals surface area contributed by atoms with E-state index in [1.165, 1.54) is 16.7 Å². The van der Waals surface area contributed by atoms with E-state index in [1.54, 1.807) is 0 Å². The van der Waals surface area contributed by atoms with E-state index in [2.05, 4.69) is 70.2 Å². The van der Waals surface area contributed by atoms with Crippen molar-refractivity contribution >= 4 is 0 Å². The quantitative estimate of drug-likeness (QED) is 0.759. The maximum absolute atomic E-state index is 5.99. The van der Waals surface area contributed by atoms with Gasteiger partial charge in [-0.2, -0.15) is 0 Å². The minimum absolute atomic E-state index is 0.101. The number of hydrogen-bond donors (Lipinski definition) is 0. The molecule has 0 unspecified atom stereocenters. The van der Waals surface area contributed by atoms with Crippen LogP contribution < -0.4 is 4.74 Å². The van der Waals surface area contributed by atoms with Crippen LogP contribution in [-0.2, 0) is 12.0 Å². The summed E-state index contributed by atoms with van der Waals surface area (Å²) in [5.74, 6) is 0.982. The molecule has 0 amide bonds. The number of benzene rings is 2. The molecule has 0 aromatic heterocycles. The second kappa shape index (κ2) is 5.48. The number of rotatable bonds is 3. The molecule has 19 heavy (non-hydrogen) atoms. The van der Waals surface area contributed by atoms with Gasteiger partial charge in [0.15, 0.2) is 0 Å². The van der Waals surface area contributed by atoms with Crippen molar-refractivity contribution in [3.05, 3.63) is 65.2 Å². The highest BCUT2D eigenvalue weighted by Gasteiger charge is 2.18. The first-order valence-electron chi connectivity index (χ1n) is 6.75. The minimum atomic E-state index is 0.101. The summed E-state index contributed by atoms with van der Waals surface area (Å²) in [6, 6.07) is 16.8. The van der Waals surface area contributed by atoms with Crippen LogP contribution in [0.2, 0.25) is 0 Å². The van der Waals surface area contributed by atoms with E-state index in [4.69, 9.17) is 4.74 Å². The summed E-state index contributed by atoms with van der Waals surface area (Å²) in [4.78, 5) is 0. The number of ether oxygens (including phenoxy) is 1. The van der Waals surface area contributed by atoms with Gasteiger partial charge in [0.2, 0.25) is 0 Å². The summed E-state index contributed by atoms with van der Waals surface area (Å²) in [6.45, 7) is 9.34. The fourth-order valence-corrected chi connectivity index (χ4v) is 2.06. The number of aryl methyl sites for hydroxylation is 1. The van der Waals surface area contributed by atoms with E-state index in [-0.39, 0.29) is 5.41 Å². The van der Waals surface area contributed by atoms with Gasteiger partial charge in [-0.1, -0.05) is 68.8 Å². The van der Waals surface area contributed by atoms with Gasteiger partial charge in [0.25, 0.3) is 0 Å². The first-order chi connectivity index (χ1) is 8.97. The standard InChI is InChI=1S/C18H22O/c1-14-9-11-15(12-10-14)13-19-17-8-6-5-7-16(17)18(2,3)4/h5-12H,13H2,1-4H3. The molecule has 0 atom stereocenters. The van der Waals surface area contributed by atoms with Crippen molar-refractivity contribution in [1.82, 2.24) is 0 Å². The molecule has 0 aliphatic carbocycles. The third kappa shape index (κ3) is 3.60. The third-order valence-corrected chi connectivity index (χ3v) is 3.21. The topological polar surface area (TPSA) is 9.23 Å².